The van der Waals surface area contributed by atoms with Crippen molar-refractivity contribution in [1.29, 1.82) is 0 Å². The molecule has 0 saturated heterocycles. The molecule has 0 amide bonds. The monoisotopic (exact) mass is 386 g/mol. The molecule has 26 heavy (non-hydrogen) atoms. The van der Waals surface area contributed by atoms with Crippen molar-refractivity contribution in [3.05, 3.63) is 89.7 Å². The van der Waals surface area contributed by atoms with Gasteiger partial charge < -0.3 is 0 Å². The Morgan fingerprint density at radius 2 is 1.42 bits per heavy atom. The van der Waals surface area contributed by atoms with E-state index in [2.05, 4.69) is 24.6 Å². The first kappa shape index (κ1) is 18.6. The molecule has 1 aromatic heterocycles. The molecule has 1 unspecified atom stereocenters. The third kappa shape index (κ3) is 3.39. The number of aromatic nitrogens is 1. The van der Waals surface area contributed by atoms with Crippen LogP contribution in [0.15, 0.2) is 73.1 Å². The summed E-state index contributed by atoms with van der Waals surface area (Å²) in [5.41, 5.74) is 3.25. The van der Waals surface area contributed by atoms with Gasteiger partial charge in [-0.1, -0.05) is 0 Å². The second-order valence-electron chi connectivity index (χ2n) is 7.44. The quantitative estimate of drug-likeness (QED) is 0.650. The van der Waals surface area contributed by atoms with Gasteiger partial charge in [-0.2, -0.15) is 0 Å². The summed E-state index contributed by atoms with van der Waals surface area (Å²) in [5.74, 6) is 0. The predicted octanol–water partition coefficient (Wildman–Crippen LogP) is 4.88. The molecule has 0 aliphatic rings. The van der Waals surface area contributed by atoms with Crippen molar-refractivity contribution in [3.63, 3.8) is 0 Å². The minimum Gasteiger partial charge on any atom is -0.264 e. The van der Waals surface area contributed by atoms with Crippen molar-refractivity contribution in [2.75, 3.05) is 0 Å². The van der Waals surface area contributed by atoms with Crippen LogP contribution in [0, 0.1) is 10.2 Å². The van der Waals surface area contributed by atoms with E-state index in [4.69, 9.17) is 0 Å². The average Bonchev–Trinajstić information content (AvgIpc) is 2.67. The molecule has 0 radical (unpaired) electrons. The molecule has 1 heterocycles. The Morgan fingerprint density at radius 1 is 0.846 bits per heavy atom. The molecule has 3 heteroatoms. The number of hydrogen-bond acceptors (Lipinski definition) is 2. The van der Waals surface area contributed by atoms with E-state index in [1.165, 1.54) is 0 Å². The van der Waals surface area contributed by atoms with E-state index in [0.717, 1.165) is 27.8 Å². The molecule has 0 spiro atoms. The van der Waals surface area contributed by atoms with Gasteiger partial charge >= 0.3 is 145 Å². The van der Waals surface area contributed by atoms with Crippen molar-refractivity contribution in [1.82, 2.24) is 4.98 Å². The molecule has 2 aromatic carbocycles. The Kier molecular flexibility index (Phi) is 5.16. The Bertz CT molecular complexity index is 919. The number of rotatable bonds is 3. The smallest absolute Gasteiger partial charge is 0.264 e. The molecular weight excluding hydrogens is 365 g/mol. The Balaban J connectivity index is 2.03. The molecule has 3 rings (SSSR count). The van der Waals surface area contributed by atoms with E-state index < -0.39 is 11.0 Å². The summed E-state index contributed by atoms with van der Waals surface area (Å²) < 4.78 is 0. The Labute approximate surface area is 162 Å². The number of aliphatic hydroxyl groups is 1. The molecule has 1 N–H and O–H groups in total. The van der Waals surface area contributed by atoms with Gasteiger partial charge in [0.1, 0.15) is 0 Å². The average molecular weight is 387 g/mol. The van der Waals surface area contributed by atoms with E-state index >= 15 is 0 Å². The van der Waals surface area contributed by atoms with Gasteiger partial charge in [0, 0.05) is 6.20 Å². The zero-order valence-electron chi connectivity index (χ0n) is 15.1. The molecule has 2 nitrogen and oxygen atoms in total. The van der Waals surface area contributed by atoms with E-state index in [1.807, 2.05) is 81.4 Å². The first-order valence-electron chi connectivity index (χ1n) is 8.53. The number of pyridine rings is 1. The summed E-state index contributed by atoms with van der Waals surface area (Å²) in [6, 6.07) is 19.9. The first-order valence-corrected chi connectivity index (χ1v) is 9.03. The van der Waals surface area contributed by atoms with E-state index in [1.54, 1.807) is 12.4 Å². The first-order chi connectivity index (χ1) is 12.4. The standard InChI is InChI=1S/C23H22NO.Ni/c1-17-7-9-18(10-8-17)19-11-13-20(14-12-19)23(25,22(2,3)4)21-6-5-15-24-16-21;/h5-16,25H,2-4H3;. The number of benzene rings is 2. The van der Waals surface area contributed by atoms with Gasteiger partial charge in [0.25, 0.3) is 0 Å². The Morgan fingerprint density at radius 3 is 1.88 bits per heavy atom. The predicted molar refractivity (Wildman–Crippen MR) is 102 cm³/mol. The maximum atomic E-state index is 11.7. The summed E-state index contributed by atoms with van der Waals surface area (Å²) >= 11 is 4.54. The summed E-state index contributed by atoms with van der Waals surface area (Å²) in [7, 11) is 0. The van der Waals surface area contributed by atoms with Gasteiger partial charge in [0.2, 0.25) is 0 Å². The minimum absolute atomic E-state index is 0.393. The molecule has 0 aliphatic heterocycles. The fourth-order valence-corrected chi connectivity index (χ4v) is 3.39. The molecule has 3 aromatic rings. The van der Waals surface area contributed by atoms with Crippen LogP contribution in [-0.4, -0.2) is 10.1 Å². The molecular formula is C23H22NNiO. The second kappa shape index (κ2) is 7.21. The molecule has 0 bridgehead atoms. The van der Waals surface area contributed by atoms with Crippen LogP contribution < -0.4 is 0 Å². The molecule has 135 valence electrons. The van der Waals surface area contributed by atoms with Crippen LogP contribution in [0.5, 0.6) is 0 Å². The molecule has 0 fully saturated rings. The fraction of sp³-hybridized carbons (Fsp3) is 0.217. The molecule has 1 atom stereocenters. The van der Waals surface area contributed by atoms with Gasteiger partial charge in [-0.25, -0.2) is 0 Å². The van der Waals surface area contributed by atoms with E-state index in [-0.39, 0.29) is 0 Å². The summed E-state index contributed by atoms with van der Waals surface area (Å²) in [6.45, 7) is 6.11. The van der Waals surface area contributed by atoms with Crippen molar-refractivity contribution < 1.29 is 19.9 Å². The summed E-state index contributed by atoms with van der Waals surface area (Å²) in [6.07, 6.45) is 3.46. The minimum atomic E-state index is -1.13. The molecule has 0 saturated carbocycles. The van der Waals surface area contributed by atoms with Crippen molar-refractivity contribution in [3.8, 4) is 15.9 Å². The van der Waals surface area contributed by atoms with Crippen LogP contribution in [0.4, 0.5) is 0 Å². The van der Waals surface area contributed by atoms with Crippen LogP contribution in [-0.2, 0) is 20.4 Å². The van der Waals surface area contributed by atoms with Gasteiger partial charge in [-0.3, -0.25) is 4.98 Å². The summed E-state index contributed by atoms with van der Waals surface area (Å²) in [4.78, 5) is 6.95. The summed E-state index contributed by atoms with van der Waals surface area (Å²) in [5, 5.41) is 11.7. The van der Waals surface area contributed by atoms with Crippen LogP contribution in [0.2, 0.25) is 0 Å². The van der Waals surface area contributed by atoms with Gasteiger partial charge in [-0.05, 0) is 6.07 Å². The normalized spacial score (nSPS) is 13.7. The third-order valence-electron chi connectivity index (χ3n) is 4.78. The van der Waals surface area contributed by atoms with Crippen LogP contribution in [0.1, 0.15) is 37.5 Å². The van der Waals surface area contributed by atoms with E-state index in [9.17, 15) is 5.11 Å². The van der Waals surface area contributed by atoms with Gasteiger partial charge in [0.15, 0.2) is 0 Å². The van der Waals surface area contributed by atoms with Crippen LogP contribution >= 0.6 is 0 Å². The zero-order chi connectivity index (χ0) is 18.8. The van der Waals surface area contributed by atoms with Crippen LogP contribution in [0.25, 0.3) is 11.1 Å². The van der Waals surface area contributed by atoms with Crippen LogP contribution in [0.3, 0.4) is 0 Å². The number of hydrogen-bond donors (Lipinski definition) is 1. The Hall–Kier alpha value is -2.18. The topological polar surface area (TPSA) is 33.1 Å². The molecule has 0 aliphatic carbocycles. The fourth-order valence-electron chi connectivity index (χ4n) is 3.23. The van der Waals surface area contributed by atoms with Crippen molar-refractivity contribution >= 4 is 0 Å². The van der Waals surface area contributed by atoms with E-state index in [0.29, 0.717) is 0 Å². The third-order valence-corrected chi connectivity index (χ3v) is 5.06. The number of nitrogens with zero attached hydrogens (tertiary/aromatic N) is 1. The van der Waals surface area contributed by atoms with Crippen molar-refractivity contribution in [2.45, 2.75) is 26.4 Å². The van der Waals surface area contributed by atoms with Crippen molar-refractivity contribution in [2.24, 2.45) is 5.41 Å². The van der Waals surface area contributed by atoms with Gasteiger partial charge in [-0.15, -0.1) is 0 Å². The second-order valence-corrected chi connectivity index (χ2v) is 7.68. The zero-order valence-corrected chi connectivity index (χ0v) is 16.1. The maximum absolute atomic E-state index is 11.7. The SMILES string of the molecule is CC(C)(C)C(O)(c1ccc(-c2ccc([C]#[Ni])cc2)cc1)c1cccnc1. The van der Waals surface area contributed by atoms with Gasteiger partial charge in [0.05, 0.1) is 0 Å².